The zero-order valence-electron chi connectivity index (χ0n) is 9.22. The molecule has 2 rings (SSSR count). The second-order valence-corrected chi connectivity index (χ2v) is 6.18. The Morgan fingerprint density at radius 3 is 2.89 bits per heavy atom. The molecule has 1 aromatic heterocycles. The van der Waals surface area contributed by atoms with E-state index in [1.54, 1.807) is 18.3 Å². The number of H-pyrrole nitrogens is 1. The molecule has 0 saturated carbocycles. The van der Waals surface area contributed by atoms with E-state index in [-0.39, 0.29) is 11.4 Å². The molecule has 0 aliphatic heterocycles. The lowest BCUT2D eigenvalue weighted by molar-refractivity contribution is 0.580. The fourth-order valence-corrected chi connectivity index (χ4v) is 3.36. The first-order chi connectivity index (χ1) is 8.49. The van der Waals surface area contributed by atoms with Crippen LogP contribution in [-0.2, 0) is 16.6 Å². The molecule has 2 aromatic rings. The predicted octanol–water partition coefficient (Wildman–Crippen LogP) is 1.23. The second-order valence-electron chi connectivity index (χ2n) is 3.59. The molecule has 6 nitrogen and oxygen atoms in total. The molecule has 0 amide bonds. The molecule has 0 fully saturated rings. The summed E-state index contributed by atoms with van der Waals surface area (Å²) in [6.07, 6.45) is 3.04. The Balaban J connectivity index is 2.22. The normalized spacial score (nSPS) is 11.6. The highest BCUT2D eigenvalue weighted by atomic mass is 79.9. The van der Waals surface area contributed by atoms with Crippen molar-refractivity contribution in [3.8, 4) is 0 Å². The number of imidazole rings is 1. The predicted molar refractivity (Wildman–Crippen MR) is 71.2 cm³/mol. The van der Waals surface area contributed by atoms with Gasteiger partial charge in [0.15, 0.2) is 0 Å². The Hall–Kier alpha value is -1.38. The Morgan fingerprint density at radius 2 is 2.22 bits per heavy atom. The average molecular weight is 331 g/mol. The highest BCUT2D eigenvalue weighted by molar-refractivity contribution is 9.10. The Labute approximate surface area is 113 Å². The number of aromatic amines is 1. The Kier molecular flexibility index (Phi) is 3.69. The highest BCUT2D eigenvalue weighted by Gasteiger charge is 2.17. The molecule has 0 saturated heterocycles. The van der Waals surface area contributed by atoms with E-state index in [9.17, 15) is 8.42 Å². The first-order valence-electron chi connectivity index (χ1n) is 5.01. The number of nitrogens with one attached hydrogen (secondary N) is 2. The summed E-state index contributed by atoms with van der Waals surface area (Å²) in [7, 11) is -3.61. The molecule has 0 unspecified atom stereocenters. The molecular weight excluding hydrogens is 320 g/mol. The van der Waals surface area contributed by atoms with Gasteiger partial charge in [-0.1, -0.05) is 0 Å². The number of benzene rings is 1. The van der Waals surface area contributed by atoms with Gasteiger partial charge in [0.1, 0.15) is 0 Å². The van der Waals surface area contributed by atoms with Crippen LogP contribution in [0.4, 0.5) is 5.69 Å². The van der Waals surface area contributed by atoms with Crippen molar-refractivity contribution >= 4 is 31.6 Å². The van der Waals surface area contributed by atoms with Gasteiger partial charge in [0, 0.05) is 22.1 Å². The van der Waals surface area contributed by atoms with E-state index in [4.69, 9.17) is 5.73 Å². The van der Waals surface area contributed by atoms with E-state index in [0.29, 0.717) is 15.9 Å². The molecule has 0 radical (unpaired) electrons. The van der Waals surface area contributed by atoms with E-state index in [2.05, 4.69) is 30.6 Å². The molecular formula is C10H11BrN4O2S. The van der Waals surface area contributed by atoms with Crippen LogP contribution in [0.3, 0.4) is 0 Å². The van der Waals surface area contributed by atoms with Crippen molar-refractivity contribution in [1.82, 2.24) is 14.7 Å². The molecule has 96 valence electrons. The van der Waals surface area contributed by atoms with Gasteiger partial charge in [-0.25, -0.2) is 18.1 Å². The van der Waals surface area contributed by atoms with Crippen LogP contribution >= 0.6 is 15.9 Å². The van der Waals surface area contributed by atoms with Gasteiger partial charge in [0.05, 0.1) is 17.8 Å². The van der Waals surface area contributed by atoms with Crippen LogP contribution in [0.2, 0.25) is 0 Å². The van der Waals surface area contributed by atoms with Gasteiger partial charge in [-0.05, 0) is 34.1 Å². The molecule has 8 heteroatoms. The Bertz CT molecular complexity index is 640. The number of nitrogen functional groups attached to an aromatic ring is 1. The van der Waals surface area contributed by atoms with Crippen LogP contribution in [0.1, 0.15) is 5.69 Å². The number of anilines is 1. The number of nitrogens with two attached hydrogens (primary N) is 1. The van der Waals surface area contributed by atoms with E-state index in [1.165, 1.54) is 12.4 Å². The van der Waals surface area contributed by atoms with Gasteiger partial charge in [-0.15, -0.1) is 0 Å². The molecule has 1 heterocycles. The summed E-state index contributed by atoms with van der Waals surface area (Å²) in [5.41, 5.74) is 6.65. The minimum Gasteiger partial charge on any atom is -0.399 e. The van der Waals surface area contributed by atoms with Crippen LogP contribution in [0.25, 0.3) is 0 Å². The van der Waals surface area contributed by atoms with Crippen LogP contribution in [0.5, 0.6) is 0 Å². The zero-order valence-corrected chi connectivity index (χ0v) is 11.6. The lowest BCUT2D eigenvalue weighted by Crippen LogP contribution is -2.23. The summed E-state index contributed by atoms with van der Waals surface area (Å²) in [5.74, 6) is 0. The number of nitrogens with zero attached hydrogens (tertiary/aromatic N) is 1. The van der Waals surface area contributed by atoms with Crippen LogP contribution in [0.15, 0.2) is 40.1 Å². The van der Waals surface area contributed by atoms with E-state index in [0.717, 1.165) is 0 Å². The van der Waals surface area contributed by atoms with Gasteiger partial charge in [0.2, 0.25) is 10.0 Å². The maximum atomic E-state index is 12.1. The summed E-state index contributed by atoms with van der Waals surface area (Å²) in [6.45, 7) is 0.142. The number of hydrogen-bond acceptors (Lipinski definition) is 4. The van der Waals surface area contributed by atoms with Crippen molar-refractivity contribution in [1.29, 1.82) is 0 Å². The summed E-state index contributed by atoms with van der Waals surface area (Å²) < 4.78 is 27.1. The van der Waals surface area contributed by atoms with Gasteiger partial charge in [-0.3, -0.25) is 0 Å². The number of halogens is 1. The van der Waals surface area contributed by atoms with Crippen molar-refractivity contribution in [2.45, 2.75) is 11.4 Å². The van der Waals surface area contributed by atoms with Gasteiger partial charge >= 0.3 is 0 Å². The number of hydrogen-bond donors (Lipinski definition) is 3. The van der Waals surface area contributed by atoms with Crippen molar-refractivity contribution in [3.05, 3.63) is 40.9 Å². The summed E-state index contributed by atoms with van der Waals surface area (Å²) in [6, 6.07) is 4.62. The zero-order chi connectivity index (χ0) is 13.2. The third-order valence-electron chi connectivity index (χ3n) is 2.25. The van der Waals surface area contributed by atoms with Crippen LogP contribution in [0, 0.1) is 0 Å². The largest absolute Gasteiger partial charge is 0.399 e. The molecule has 4 N–H and O–H groups in total. The molecule has 1 aromatic carbocycles. The van der Waals surface area contributed by atoms with Crippen molar-refractivity contribution < 1.29 is 8.42 Å². The average Bonchev–Trinajstić information content (AvgIpc) is 2.83. The van der Waals surface area contributed by atoms with Gasteiger partial charge < -0.3 is 10.7 Å². The quantitative estimate of drug-likeness (QED) is 0.734. The first kappa shape index (κ1) is 13.1. The maximum Gasteiger partial charge on any atom is 0.242 e. The molecule has 0 spiro atoms. The molecule has 18 heavy (non-hydrogen) atoms. The smallest absolute Gasteiger partial charge is 0.242 e. The molecule has 0 bridgehead atoms. The topological polar surface area (TPSA) is 101 Å². The fraction of sp³-hybridized carbons (Fsp3) is 0.100. The lowest BCUT2D eigenvalue weighted by atomic mass is 10.3. The summed E-state index contributed by atoms with van der Waals surface area (Å²) in [5, 5.41) is 0. The second kappa shape index (κ2) is 5.09. The molecule has 0 aliphatic rings. The Morgan fingerprint density at radius 1 is 1.44 bits per heavy atom. The number of aromatic nitrogens is 2. The number of sulfonamides is 1. The van der Waals surface area contributed by atoms with Crippen LogP contribution < -0.4 is 10.5 Å². The third kappa shape index (κ3) is 2.89. The first-order valence-corrected chi connectivity index (χ1v) is 7.28. The van der Waals surface area contributed by atoms with Gasteiger partial charge in [-0.2, -0.15) is 0 Å². The van der Waals surface area contributed by atoms with Crippen molar-refractivity contribution in [2.75, 3.05) is 5.73 Å². The molecule has 0 aliphatic carbocycles. The maximum absolute atomic E-state index is 12.1. The monoisotopic (exact) mass is 330 g/mol. The summed E-state index contributed by atoms with van der Waals surface area (Å²) >= 11 is 3.19. The summed E-state index contributed by atoms with van der Waals surface area (Å²) in [4.78, 5) is 6.73. The van der Waals surface area contributed by atoms with Gasteiger partial charge in [0.25, 0.3) is 0 Å². The van der Waals surface area contributed by atoms with E-state index in [1.807, 2.05) is 0 Å². The standard InChI is InChI=1S/C10H11BrN4O2S/c11-9-2-1-7(12)3-10(9)18(16,17)15-5-8-4-13-6-14-8/h1-4,6,15H,5,12H2,(H,13,14). The van der Waals surface area contributed by atoms with Crippen molar-refractivity contribution in [3.63, 3.8) is 0 Å². The fourth-order valence-electron chi connectivity index (χ4n) is 1.36. The van der Waals surface area contributed by atoms with E-state index < -0.39 is 10.0 Å². The van der Waals surface area contributed by atoms with Crippen molar-refractivity contribution in [2.24, 2.45) is 0 Å². The van der Waals surface area contributed by atoms with E-state index >= 15 is 0 Å². The van der Waals surface area contributed by atoms with Crippen LogP contribution in [-0.4, -0.2) is 18.4 Å². The third-order valence-corrected chi connectivity index (χ3v) is 4.65. The minimum atomic E-state index is -3.61. The highest BCUT2D eigenvalue weighted by Crippen LogP contribution is 2.24. The molecule has 0 atom stereocenters. The lowest BCUT2D eigenvalue weighted by Gasteiger charge is -2.08. The number of rotatable bonds is 4. The SMILES string of the molecule is Nc1ccc(Br)c(S(=O)(=O)NCc2cnc[nH]2)c1. The minimum absolute atomic E-state index is 0.113.